The average molecular weight is 263 g/mol. The molecule has 1 aromatic heterocycles. The van der Waals surface area contributed by atoms with E-state index in [-0.39, 0.29) is 0 Å². The topological polar surface area (TPSA) is 68.7 Å². The number of carboxylic acids is 1. The van der Waals surface area contributed by atoms with Crippen LogP contribution in [0.25, 0.3) is 0 Å². The Kier molecular flexibility index (Phi) is 3.61. The summed E-state index contributed by atoms with van der Waals surface area (Å²) in [5, 5.41) is 8.80. The molecule has 0 saturated carbocycles. The summed E-state index contributed by atoms with van der Waals surface area (Å²) in [7, 11) is 1.49. The summed E-state index contributed by atoms with van der Waals surface area (Å²) in [6.07, 6.45) is 1.17. The van der Waals surface area contributed by atoms with Crippen molar-refractivity contribution in [2.45, 2.75) is 0 Å². The van der Waals surface area contributed by atoms with E-state index in [1.165, 1.54) is 19.4 Å². The van der Waals surface area contributed by atoms with Crippen molar-refractivity contribution in [3.63, 3.8) is 0 Å². The third-order valence-electron chi connectivity index (χ3n) is 2.34. The van der Waals surface area contributed by atoms with Crippen LogP contribution >= 0.6 is 0 Å². The van der Waals surface area contributed by atoms with Crippen LogP contribution in [0.1, 0.15) is 10.4 Å². The molecule has 1 N–H and O–H groups in total. The van der Waals surface area contributed by atoms with E-state index in [0.29, 0.717) is 11.5 Å². The maximum Gasteiger partial charge on any atom is 0.338 e. The molecule has 0 atom stereocenters. The van der Waals surface area contributed by atoms with Gasteiger partial charge in [-0.1, -0.05) is 6.07 Å². The van der Waals surface area contributed by atoms with Crippen LogP contribution in [-0.2, 0) is 0 Å². The lowest BCUT2D eigenvalue weighted by Gasteiger charge is -2.08. The highest BCUT2D eigenvalue weighted by atomic mass is 19.1. The zero-order valence-electron chi connectivity index (χ0n) is 9.96. The van der Waals surface area contributed by atoms with Crippen molar-refractivity contribution in [2.24, 2.45) is 0 Å². The first kappa shape index (κ1) is 12.8. The van der Waals surface area contributed by atoms with Crippen LogP contribution in [0.3, 0.4) is 0 Å². The number of halogens is 1. The van der Waals surface area contributed by atoms with Gasteiger partial charge >= 0.3 is 5.97 Å². The summed E-state index contributed by atoms with van der Waals surface area (Å²) in [5.74, 6) is -1.96. The van der Waals surface area contributed by atoms with Crippen LogP contribution in [-0.4, -0.2) is 23.2 Å². The van der Waals surface area contributed by atoms with Crippen LogP contribution in [0.15, 0.2) is 36.5 Å². The summed E-state index contributed by atoms with van der Waals surface area (Å²) < 4.78 is 24.0. The first-order valence-corrected chi connectivity index (χ1v) is 5.31. The van der Waals surface area contributed by atoms with Crippen LogP contribution < -0.4 is 9.47 Å². The summed E-state index contributed by atoms with van der Waals surface area (Å²) in [6, 6.07) is 7.54. The maximum atomic E-state index is 13.8. The highest BCUT2D eigenvalue weighted by Crippen LogP contribution is 2.26. The van der Waals surface area contributed by atoms with Crippen molar-refractivity contribution >= 4 is 5.97 Å². The smallest absolute Gasteiger partial charge is 0.338 e. The summed E-state index contributed by atoms with van der Waals surface area (Å²) in [5.41, 5.74) is -0.493. The van der Waals surface area contributed by atoms with Gasteiger partial charge in [0.15, 0.2) is 5.82 Å². The number of benzene rings is 1. The van der Waals surface area contributed by atoms with Crippen molar-refractivity contribution in [2.75, 3.05) is 7.11 Å². The van der Waals surface area contributed by atoms with E-state index in [1.54, 1.807) is 18.2 Å². The molecule has 0 aliphatic heterocycles. The van der Waals surface area contributed by atoms with E-state index in [2.05, 4.69) is 4.98 Å². The fourth-order valence-corrected chi connectivity index (χ4v) is 1.44. The zero-order valence-corrected chi connectivity index (χ0v) is 9.96. The predicted molar refractivity (Wildman–Crippen MR) is 64.2 cm³/mol. The van der Waals surface area contributed by atoms with E-state index < -0.39 is 23.2 Å². The van der Waals surface area contributed by atoms with E-state index >= 15 is 0 Å². The summed E-state index contributed by atoms with van der Waals surface area (Å²) in [6.45, 7) is 0. The van der Waals surface area contributed by atoms with Gasteiger partial charge in [-0.15, -0.1) is 0 Å². The van der Waals surface area contributed by atoms with Crippen LogP contribution in [0.2, 0.25) is 0 Å². The van der Waals surface area contributed by atoms with Crippen LogP contribution in [0, 0.1) is 5.82 Å². The lowest BCUT2D eigenvalue weighted by molar-refractivity contribution is 0.0690. The third kappa shape index (κ3) is 2.79. The molecule has 0 aliphatic rings. The van der Waals surface area contributed by atoms with Gasteiger partial charge in [0.1, 0.15) is 17.1 Å². The Hall–Kier alpha value is -2.63. The second kappa shape index (κ2) is 5.34. The minimum Gasteiger partial charge on any atom is -0.497 e. The Morgan fingerprint density at radius 3 is 2.74 bits per heavy atom. The van der Waals surface area contributed by atoms with Crippen molar-refractivity contribution < 1.29 is 23.8 Å². The van der Waals surface area contributed by atoms with Gasteiger partial charge < -0.3 is 14.6 Å². The van der Waals surface area contributed by atoms with Crippen LogP contribution in [0.4, 0.5) is 4.39 Å². The van der Waals surface area contributed by atoms with Gasteiger partial charge in [-0.3, -0.25) is 0 Å². The van der Waals surface area contributed by atoms with E-state index in [4.69, 9.17) is 14.6 Å². The second-order valence-corrected chi connectivity index (χ2v) is 3.56. The van der Waals surface area contributed by atoms with Gasteiger partial charge in [-0.05, 0) is 18.2 Å². The van der Waals surface area contributed by atoms with Gasteiger partial charge in [-0.25, -0.2) is 14.2 Å². The van der Waals surface area contributed by atoms with E-state index in [1.807, 2.05) is 0 Å². The number of carboxylic acid groups (broad SMARTS) is 1. The minimum absolute atomic E-state index is 0.299. The molecule has 0 amide bonds. The fraction of sp³-hybridized carbons (Fsp3) is 0.0769. The molecule has 98 valence electrons. The number of aromatic carboxylic acids is 1. The Morgan fingerprint density at radius 1 is 1.32 bits per heavy atom. The van der Waals surface area contributed by atoms with Crippen molar-refractivity contribution in [1.29, 1.82) is 0 Å². The highest BCUT2D eigenvalue weighted by molar-refractivity contribution is 5.88. The van der Waals surface area contributed by atoms with E-state index in [0.717, 1.165) is 6.07 Å². The average Bonchev–Trinajstić information content (AvgIpc) is 2.41. The molecule has 0 saturated heterocycles. The second-order valence-electron chi connectivity index (χ2n) is 3.56. The van der Waals surface area contributed by atoms with Gasteiger partial charge in [0.05, 0.1) is 7.11 Å². The first-order valence-electron chi connectivity index (χ1n) is 5.31. The number of pyridine rings is 1. The molecular weight excluding hydrogens is 253 g/mol. The molecule has 0 bridgehead atoms. The molecule has 1 aromatic carbocycles. The molecule has 5 nitrogen and oxygen atoms in total. The highest BCUT2D eigenvalue weighted by Gasteiger charge is 2.16. The Labute approximate surface area is 108 Å². The number of methoxy groups -OCH3 is 1. The number of nitrogens with zero attached hydrogens (tertiary/aromatic N) is 1. The first-order chi connectivity index (χ1) is 9.11. The lowest BCUT2D eigenvalue weighted by Crippen LogP contribution is -2.03. The Balaban J connectivity index is 2.33. The lowest BCUT2D eigenvalue weighted by atomic mass is 10.2. The SMILES string of the molecule is COc1cccc(Oc2nccc(C(=O)O)c2F)c1. The standard InChI is InChI=1S/C13H10FNO4/c1-18-8-3-2-4-9(7-8)19-12-11(14)10(13(16)17)5-6-15-12/h2-7H,1H3,(H,16,17). The number of aromatic nitrogens is 1. The number of rotatable bonds is 4. The molecule has 0 aliphatic carbocycles. The summed E-state index contributed by atoms with van der Waals surface area (Å²) in [4.78, 5) is 14.5. The third-order valence-corrected chi connectivity index (χ3v) is 2.34. The Bertz CT molecular complexity index is 615. The van der Waals surface area contributed by atoms with Crippen molar-refractivity contribution in [3.8, 4) is 17.4 Å². The number of ether oxygens (including phenoxy) is 2. The minimum atomic E-state index is -1.38. The van der Waals surface area contributed by atoms with Gasteiger partial charge in [-0.2, -0.15) is 0 Å². The molecule has 0 radical (unpaired) electrons. The number of hydrogen-bond donors (Lipinski definition) is 1. The molecular formula is C13H10FNO4. The number of hydrogen-bond acceptors (Lipinski definition) is 4. The quantitative estimate of drug-likeness (QED) is 0.918. The van der Waals surface area contributed by atoms with Gasteiger partial charge in [0.2, 0.25) is 0 Å². The normalized spacial score (nSPS) is 10.0. The maximum absolute atomic E-state index is 13.8. The predicted octanol–water partition coefficient (Wildman–Crippen LogP) is 2.72. The molecule has 2 aromatic rings. The largest absolute Gasteiger partial charge is 0.497 e. The molecule has 0 unspecified atom stereocenters. The zero-order chi connectivity index (χ0) is 13.8. The molecule has 1 heterocycles. The van der Waals surface area contributed by atoms with Crippen molar-refractivity contribution in [1.82, 2.24) is 4.98 Å². The molecule has 19 heavy (non-hydrogen) atoms. The summed E-state index contributed by atoms with van der Waals surface area (Å²) >= 11 is 0. The fourth-order valence-electron chi connectivity index (χ4n) is 1.44. The van der Waals surface area contributed by atoms with Crippen LogP contribution in [0.5, 0.6) is 17.4 Å². The molecule has 0 spiro atoms. The van der Waals surface area contributed by atoms with Gasteiger partial charge in [0, 0.05) is 12.3 Å². The molecule has 2 rings (SSSR count). The van der Waals surface area contributed by atoms with Gasteiger partial charge in [0.25, 0.3) is 5.88 Å². The molecule has 6 heteroatoms. The van der Waals surface area contributed by atoms with Crippen molar-refractivity contribution in [3.05, 3.63) is 47.9 Å². The number of carbonyl (C=O) groups is 1. The monoisotopic (exact) mass is 263 g/mol. The Morgan fingerprint density at radius 2 is 2.05 bits per heavy atom. The van der Waals surface area contributed by atoms with E-state index in [9.17, 15) is 9.18 Å². The molecule has 0 fully saturated rings.